The van der Waals surface area contributed by atoms with Crippen LogP contribution in [0.25, 0.3) is 0 Å². The number of thioether (sulfide) groups is 2. The third-order valence-corrected chi connectivity index (χ3v) is 2.84. The Labute approximate surface area is 95.6 Å². The van der Waals surface area contributed by atoms with Crippen LogP contribution in [-0.4, -0.2) is 40.7 Å². The average molecular weight is 246 g/mol. The van der Waals surface area contributed by atoms with Crippen molar-refractivity contribution in [1.29, 1.82) is 0 Å². The summed E-state index contributed by atoms with van der Waals surface area (Å²) in [4.78, 5) is 19.0. The van der Waals surface area contributed by atoms with Crippen molar-refractivity contribution < 1.29 is 14.6 Å². The molecule has 1 aromatic heterocycles. The molecule has 0 aliphatic heterocycles. The van der Waals surface area contributed by atoms with Crippen LogP contribution < -0.4 is 4.74 Å². The highest BCUT2D eigenvalue weighted by atomic mass is 32.2. The van der Waals surface area contributed by atoms with E-state index in [2.05, 4.69) is 9.97 Å². The molecule has 0 aliphatic carbocycles. The minimum absolute atomic E-state index is 0.0165. The SMILES string of the molecule is COc1nc(SC)nc(SC)c1C(=O)O. The molecule has 1 heterocycles. The van der Waals surface area contributed by atoms with Crippen molar-refractivity contribution in [3.63, 3.8) is 0 Å². The van der Waals surface area contributed by atoms with Crippen molar-refractivity contribution in [3.05, 3.63) is 5.56 Å². The highest BCUT2D eigenvalue weighted by Gasteiger charge is 2.20. The van der Waals surface area contributed by atoms with Gasteiger partial charge in [0.25, 0.3) is 0 Å². The highest BCUT2D eigenvalue weighted by molar-refractivity contribution is 7.99. The number of aromatic nitrogens is 2. The number of ether oxygens (including phenoxy) is 1. The third-order valence-electron chi connectivity index (χ3n) is 1.61. The molecule has 15 heavy (non-hydrogen) atoms. The van der Waals surface area contributed by atoms with E-state index in [0.29, 0.717) is 10.2 Å². The number of methoxy groups -OCH3 is 1. The summed E-state index contributed by atoms with van der Waals surface area (Å²) in [6.45, 7) is 0. The maximum atomic E-state index is 11.0. The summed E-state index contributed by atoms with van der Waals surface area (Å²) < 4.78 is 4.93. The lowest BCUT2D eigenvalue weighted by molar-refractivity contribution is 0.0686. The minimum atomic E-state index is -1.08. The van der Waals surface area contributed by atoms with Gasteiger partial charge in [0.1, 0.15) is 5.03 Å². The maximum Gasteiger partial charge on any atom is 0.344 e. The van der Waals surface area contributed by atoms with E-state index in [9.17, 15) is 4.79 Å². The smallest absolute Gasteiger partial charge is 0.344 e. The molecule has 1 rings (SSSR count). The van der Waals surface area contributed by atoms with E-state index in [1.165, 1.54) is 30.6 Å². The summed E-state index contributed by atoms with van der Waals surface area (Å²) >= 11 is 2.60. The van der Waals surface area contributed by atoms with E-state index >= 15 is 0 Å². The van der Waals surface area contributed by atoms with E-state index in [4.69, 9.17) is 9.84 Å². The summed E-state index contributed by atoms with van der Waals surface area (Å²) in [6.07, 6.45) is 3.58. The zero-order valence-electron chi connectivity index (χ0n) is 8.47. The fourth-order valence-electron chi connectivity index (χ4n) is 0.972. The van der Waals surface area contributed by atoms with Gasteiger partial charge in [-0.15, -0.1) is 11.8 Å². The van der Waals surface area contributed by atoms with Gasteiger partial charge in [0, 0.05) is 0 Å². The average Bonchev–Trinajstić information content (AvgIpc) is 2.26. The van der Waals surface area contributed by atoms with Crippen LogP contribution in [0.5, 0.6) is 5.88 Å². The summed E-state index contributed by atoms with van der Waals surface area (Å²) in [5, 5.41) is 9.91. The van der Waals surface area contributed by atoms with E-state index in [1.54, 1.807) is 6.26 Å². The molecule has 0 saturated carbocycles. The van der Waals surface area contributed by atoms with Crippen LogP contribution in [0, 0.1) is 0 Å². The first kappa shape index (κ1) is 12.1. The predicted octanol–water partition coefficient (Wildman–Crippen LogP) is 1.63. The number of rotatable bonds is 4. The van der Waals surface area contributed by atoms with Crippen LogP contribution in [0.1, 0.15) is 10.4 Å². The predicted molar refractivity (Wildman–Crippen MR) is 59.1 cm³/mol. The fourth-order valence-corrected chi connectivity index (χ4v) is 1.94. The Kier molecular flexibility index (Phi) is 4.22. The molecule has 0 amide bonds. The number of aromatic carboxylic acids is 1. The van der Waals surface area contributed by atoms with Crippen molar-refractivity contribution in [3.8, 4) is 5.88 Å². The monoisotopic (exact) mass is 246 g/mol. The molecule has 7 heteroatoms. The first-order valence-corrected chi connectivity index (χ1v) is 6.36. The molecule has 0 spiro atoms. The van der Waals surface area contributed by atoms with Gasteiger partial charge < -0.3 is 9.84 Å². The second-order valence-electron chi connectivity index (χ2n) is 2.41. The van der Waals surface area contributed by atoms with Gasteiger partial charge in [-0.3, -0.25) is 0 Å². The molecule has 0 fully saturated rings. The number of hydrogen-bond acceptors (Lipinski definition) is 6. The summed E-state index contributed by atoms with van der Waals surface area (Å²) in [5.74, 6) is -0.977. The second-order valence-corrected chi connectivity index (χ2v) is 3.98. The highest BCUT2D eigenvalue weighted by Crippen LogP contribution is 2.27. The Morgan fingerprint density at radius 2 is 2.00 bits per heavy atom. The third kappa shape index (κ3) is 2.54. The molecule has 0 radical (unpaired) electrons. The number of carbonyl (C=O) groups is 1. The zero-order chi connectivity index (χ0) is 11.4. The Morgan fingerprint density at radius 1 is 1.33 bits per heavy atom. The number of carboxylic acids is 1. The minimum Gasteiger partial charge on any atom is -0.480 e. The maximum absolute atomic E-state index is 11.0. The van der Waals surface area contributed by atoms with Crippen molar-refractivity contribution in [2.24, 2.45) is 0 Å². The largest absolute Gasteiger partial charge is 0.480 e. The summed E-state index contributed by atoms with van der Waals surface area (Å²) in [6, 6.07) is 0. The van der Waals surface area contributed by atoms with Gasteiger partial charge in [0.2, 0.25) is 5.88 Å². The Morgan fingerprint density at radius 3 is 2.40 bits per heavy atom. The van der Waals surface area contributed by atoms with Gasteiger partial charge in [-0.2, -0.15) is 4.98 Å². The first-order chi connectivity index (χ1) is 7.13. The molecular formula is C8H10N2O3S2. The summed E-state index contributed by atoms with van der Waals surface area (Å²) in [5.41, 5.74) is 0.0165. The molecule has 0 aliphatic rings. The normalized spacial score (nSPS) is 10.1. The van der Waals surface area contributed by atoms with E-state index < -0.39 is 5.97 Å². The summed E-state index contributed by atoms with van der Waals surface area (Å²) in [7, 11) is 1.39. The van der Waals surface area contributed by atoms with Crippen molar-refractivity contribution in [2.45, 2.75) is 10.2 Å². The molecule has 0 saturated heterocycles. The topological polar surface area (TPSA) is 72.3 Å². The number of hydrogen-bond donors (Lipinski definition) is 1. The standard InChI is InChI=1S/C8H10N2O3S2/c1-13-5-4(7(11)12)6(14-2)10-8(9-5)15-3/h1-3H3,(H,11,12). The fraction of sp³-hybridized carbons (Fsp3) is 0.375. The van der Waals surface area contributed by atoms with E-state index in [-0.39, 0.29) is 11.4 Å². The lowest BCUT2D eigenvalue weighted by Gasteiger charge is -2.08. The van der Waals surface area contributed by atoms with Gasteiger partial charge in [-0.05, 0) is 12.5 Å². The Bertz CT molecular complexity index is 359. The van der Waals surface area contributed by atoms with Gasteiger partial charge in [-0.1, -0.05) is 11.8 Å². The van der Waals surface area contributed by atoms with Gasteiger partial charge >= 0.3 is 5.97 Å². The second kappa shape index (κ2) is 5.22. The molecule has 1 aromatic rings. The van der Waals surface area contributed by atoms with Crippen LogP contribution in [0.3, 0.4) is 0 Å². The van der Waals surface area contributed by atoms with Crippen LogP contribution in [0.15, 0.2) is 10.2 Å². The Balaban J connectivity index is 3.39. The lowest BCUT2D eigenvalue weighted by atomic mass is 10.3. The van der Waals surface area contributed by atoms with Gasteiger partial charge in [0.05, 0.1) is 7.11 Å². The number of nitrogens with zero attached hydrogens (tertiary/aromatic N) is 2. The first-order valence-electron chi connectivity index (χ1n) is 3.91. The van der Waals surface area contributed by atoms with Crippen LogP contribution >= 0.6 is 23.5 Å². The lowest BCUT2D eigenvalue weighted by Crippen LogP contribution is -2.07. The molecule has 82 valence electrons. The molecule has 0 atom stereocenters. The van der Waals surface area contributed by atoms with Crippen LogP contribution in [-0.2, 0) is 0 Å². The zero-order valence-corrected chi connectivity index (χ0v) is 10.1. The van der Waals surface area contributed by atoms with Gasteiger partial charge in [0.15, 0.2) is 10.7 Å². The molecule has 0 aromatic carbocycles. The van der Waals surface area contributed by atoms with Crippen LogP contribution in [0.2, 0.25) is 0 Å². The van der Waals surface area contributed by atoms with Gasteiger partial charge in [-0.25, -0.2) is 9.78 Å². The Hall–Kier alpha value is -0.950. The van der Waals surface area contributed by atoms with Crippen molar-refractivity contribution in [1.82, 2.24) is 9.97 Å². The van der Waals surface area contributed by atoms with E-state index in [0.717, 1.165) is 0 Å². The van der Waals surface area contributed by atoms with Crippen molar-refractivity contribution in [2.75, 3.05) is 19.6 Å². The molecule has 1 N–H and O–H groups in total. The molecule has 0 unspecified atom stereocenters. The van der Waals surface area contributed by atoms with Crippen molar-refractivity contribution >= 4 is 29.5 Å². The van der Waals surface area contributed by atoms with E-state index in [1.807, 2.05) is 6.26 Å². The number of carboxylic acid groups (broad SMARTS) is 1. The van der Waals surface area contributed by atoms with Crippen LogP contribution in [0.4, 0.5) is 0 Å². The molecule has 0 bridgehead atoms. The molecule has 5 nitrogen and oxygen atoms in total. The quantitative estimate of drug-likeness (QED) is 0.491. The molecular weight excluding hydrogens is 236 g/mol.